The molecule has 0 aromatic rings. The molecule has 0 radical (unpaired) electrons. The fourth-order valence-corrected chi connectivity index (χ4v) is 1.84. The summed E-state index contributed by atoms with van der Waals surface area (Å²) < 4.78 is 21.0. The molecule has 11 heavy (non-hydrogen) atoms. The second kappa shape index (κ2) is 9.20. The molecule has 62 valence electrons. The molecular weight excluding hydrogens is 171 g/mol. The maximum Gasteiger partial charge on any atom is 1.00 e. The molecule has 0 N–H and O–H groups in total. The molecule has 0 amide bonds. The molecular formula is C7H15NaO2S. The van der Waals surface area contributed by atoms with Crippen LogP contribution < -0.4 is 29.6 Å². The number of hydrogen-bond acceptors (Lipinski definition) is 2. The first-order valence-electron chi connectivity index (χ1n) is 3.80. The molecule has 0 aliphatic carbocycles. The quantitative estimate of drug-likeness (QED) is 0.401. The third-order valence-corrected chi connectivity index (χ3v) is 2.51. The molecule has 1 unspecified atom stereocenters. The van der Waals surface area contributed by atoms with Gasteiger partial charge in [-0.3, -0.25) is 4.21 Å². The Balaban J connectivity index is 0. The van der Waals surface area contributed by atoms with Gasteiger partial charge in [-0.2, -0.15) is 0 Å². The Morgan fingerprint density at radius 1 is 1.27 bits per heavy atom. The fourth-order valence-electron chi connectivity index (χ4n) is 0.981. The molecule has 0 saturated carbocycles. The topological polar surface area (TPSA) is 40.1 Å². The van der Waals surface area contributed by atoms with Crippen molar-refractivity contribution in [2.75, 3.05) is 0 Å². The van der Waals surface area contributed by atoms with Gasteiger partial charge in [-0.05, 0) is 12.8 Å². The van der Waals surface area contributed by atoms with E-state index < -0.39 is 11.1 Å². The Bertz CT molecular complexity index is 103. The Labute approximate surface area is 93.7 Å². The summed E-state index contributed by atoms with van der Waals surface area (Å²) in [6, 6.07) is 0. The molecule has 0 aliphatic rings. The first kappa shape index (κ1) is 14.6. The van der Waals surface area contributed by atoms with Gasteiger partial charge in [0.25, 0.3) is 0 Å². The summed E-state index contributed by atoms with van der Waals surface area (Å²) in [6.07, 6.45) is 3.53. The summed E-state index contributed by atoms with van der Waals surface area (Å²) in [5, 5.41) is -0.102. The largest absolute Gasteiger partial charge is 1.00 e. The molecule has 1 atom stereocenters. The Morgan fingerprint density at radius 2 is 1.64 bits per heavy atom. The van der Waals surface area contributed by atoms with E-state index in [4.69, 9.17) is 0 Å². The predicted octanol–water partition coefficient (Wildman–Crippen LogP) is -1.16. The molecule has 0 spiro atoms. The van der Waals surface area contributed by atoms with E-state index in [-0.39, 0.29) is 34.8 Å². The summed E-state index contributed by atoms with van der Waals surface area (Å²) in [4.78, 5) is 0. The van der Waals surface area contributed by atoms with Gasteiger partial charge in [-0.15, -0.1) is 0 Å². The SMILES string of the molecule is CCCC(CCC)S(=O)[O-].[Na+]. The Morgan fingerprint density at radius 3 is 1.82 bits per heavy atom. The van der Waals surface area contributed by atoms with Crippen molar-refractivity contribution in [3.05, 3.63) is 0 Å². The van der Waals surface area contributed by atoms with Crippen LogP contribution in [0.3, 0.4) is 0 Å². The minimum absolute atomic E-state index is 0. The minimum atomic E-state index is -1.85. The molecule has 0 heterocycles. The van der Waals surface area contributed by atoms with E-state index in [2.05, 4.69) is 0 Å². The molecule has 0 fully saturated rings. The van der Waals surface area contributed by atoms with Gasteiger partial charge in [0.2, 0.25) is 0 Å². The van der Waals surface area contributed by atoms with Crippen LogP contribution in [0.4, 0.5) is 0 Å². The van der Waals surface area contributed by atoms with E-state index in [0.29, 0.717) is 0 Å². The van der Waals surface area contributed by atoms with E-state index >= 15 is 0 Å². The second-order valence-corrected chi connectivity index (χ2v) is 3.65. The van der Waals surface area contributed by atoms with E-state index in [0.717, 1.165) is 25.7 Å². The van der Waals surface area contributed by atoms with Crippen LogP contribution in [-0.4, -0.2) is 14.0 Å². The normalized spacial score (nSPS) is 12.7. The monoisotopic (exact) mass is 186 g/mol. The zero-order valence-corrected chi connectivity index (χ0v) is 10.4. The molecule has 0 bridgehead atoms. The molecule has 0 aliphatic heterocycles. The number of hydrogen-bond donors (Lipinski definition) is 0. The van der Waals surface area contributed by atoms with Crippen molar-refractivity contribution in [3.8, 4) is 0 Å². The Kier molecular flexibility index (Phi) is 12.2. The minimum Gasteiger partial charge on any atom is -0.772 e. The summed E-state index contributed by atoms with van der Waals surface area (Å²) in [5.74, 6) is 0. The van der Waals surface area contributed by atoms with Gasteiger partial charge in [0, 0.05) is 5.25 Å². The van der Waals surface area contributed by atoms with Gasteiger partial charge in [-0.1, -0.05) is 37.8 Å². The molecule has 0 aromatic heterocycles. The molecule has 0 saturated heterocycles. The van der Waals surface area contributed by atoms with Gasteiger partial charge < -0.3 is 4.55 Å². The first-order valence-corrected chi connectivity index (χ1v) is 4.94. The van der Waals surface area contributed by atoms with Gasteiger partial charge in [-0.25, -0.2) is 0 Å². The van der Waals surface area contributed by atoms with Crippen molar-refractivity contribution in [3.63, 3.8) is 0 Å². The fraction of sp³-hybridized carbons (Fsp3) is 1.00. The maximum absolute atomic E-state index is 10.5. The summed E-state index contributed by atoms with van der Waals surface area (Å²) in [6.45, 7) is 4.02. The molecule has 4 heteroatoms. The second-order valence-electron chi connectivity index (χ2n) is 2.46. The molecule has 2 nitrogen and oxygen atoms in total. The van der Waals surface area contributed by atoms with Crippen LogP contribution in [0.1, 0.15) is 39.5 Å². The van der Waals surface area contributed by atoms with Crippen molar-refractivity contribution in [1.82, 2.24) is 0 Å². The van der Waals surface area contributed by atoms with Crippen LogP contribution in [0.5, 0.6) is 0 Å². The van der Waals surface area contributed by atoms with Crippen molar-refractivity contribution in [2.45, 2.75) is 44.8 Å². The first-order chi connectivity index (χ1) is 4.72. The van der Waals surface area contributed by atoms with Crippen LogP contribution in [0.15, 0.2) is 0 Å². The standard InChI is InChI=1S/C7H16O2S.Na/c1-3-5-7(6-4-2)10(8)9;/h7H,3-6H2,1-2H3,(H,8,9);/q;+1/p-1. The van der Waals surface area contributed by atoms with Crippen molar-refractivity contribution in [1.29, 1.82) is 0 Å². The van der Waals surface area contributed by atoms with Gasteiger partial charge in [0.15, 0.2) is 0 Å². The van der Waals surface area contributed by atoms with Crippen LogP contribution in [0.25, 0.3) is 0 Å². The van der Waals surface area contributed by atoms with E-state index in [1.807, 2.05) is 13.8 Å². The molecule has 0 aromatic carbocycles. The van der Waals surface area contributed by atoms with Gasteiger partial charge in [0.05, 0.1) is 0 Å². The summed E-state index contributed by atoms with van der Waals surface area (Å²) in [5.41, 5.74) is 0. The predicted molar refractivity (Wildman–Crippen MR) is 42.5 cm³/mol. The average molecular weight is 186 g/mol. The Hall–Kier alpha value is 1.11. The van der Waals surface area contributed by atoms with Crippen LogP contribution >= 0.6 is 0 Å². The van der Waals surface area contributed by atoms with Crippen molar-refractivity contribution >= 4 is 11.1 Å². The number of rotatable bonds is 5. The van der Waals surface area contributed by atoms with Gasteiger partial charge >= 0.3 is 29.6 Å². The van der Waals surface area contributed by atoms with E-state index in [9.17, 15) is 8.76 Å². The summed E-state index contributed by atoms with van der Waals surface area (Å²) in [7, 11) is 0. The van der Waals surface area contributed by atoms with Crippen LogP contribution in [0.2, 0.25) is 0 Å². The van der Waals surface area contributed by atoms with Crippen LogP contribution in [-0.2, 0) is 11.1 Å². The molecule has 0 rings (SSSR count). The zero-order valence-electron chi connectivity index (χ0n) is 7.63. The maximum atomic E-state index is 10.5. The summed E-state index contributed by atoms with van der Waals surface area (Å²) >= 11 is -1.85. The smallest absolute Gasteiger partial charge is 0.772 e. The third kappa shape index (κ3) is 7.47. The van der Waals surface area contributed by atoms with Crippen LogP contribution in [0, 0.1) is 0 Å². The van der Waals surface area contributed by atoms with Crippen molar-refractivity contribution in [2.24, 2.45) is 0 Å². The zero-order chi connectivity index (χ0) is 7.98. The average Bonchev–Trinajstić information content (AvgIpc) is 1.87. The third-order valence-electron chi connectivity index (χ3n) is 1.49. The van der Waals surface area contributed by atoms with Gasteiger partial charge in [0.1, 0.15) is 0 Å². The van der Waals surface area contributed by atoms with Crippen molar-refractivity contribution < 1.29 is 38.3 Å². The van der Waals surface area contributed by atoms with E-state index in [1.165, 1.54) is 0 Å². The van der Waals surface area contributed by atoms with E-state index in [1.54, 1.807) is 0 Å².